The monoisotopic (exact) mass is 1140 g/mol. The molecule has 0 spiro atoms. The van der Waals surface area contributed by atoms with Gasteiger partial charge in [-0.25, -0.2) is 19.2 Å². The third kappa shape index (κ3) is 19.7. The van der Waals surface area contributed by atoms with Gasteiger partial charge in [-0.1, -0.05) is 110 Å². The molecular weight excluding hydrogens is 1050 g/mol. The zero-order valence-electron chi connectivity index (χ0n) is 51.0. The molecule has 0 radical (unpaired) electrons. The van der Waals surface area contributed by atoms with Gasteiger partial charge in [-0.05, 0) is 105 Å². The second-order valence-electron chi connectivity index (χ2n) is 23.2. The molecule has 1 aliphatic heterocycles. The van der Waals surface area contributed by atoms with E-state index in [9.17, 15) is 28.8 Å². The molecule has 20 heteroatoms. The molecule has 3 aromatic rings. The van der Waals surface area contributed by atoms with E-state index in [1.165, 1.54) is 42.0 Å². The average Bonchev–Trinajstić information content (AvgIpc) is 3.97. The van der Waals surface area contributed by atoms with Crippen molar-refractivity contribution < 1.29 is 57.3 Å². The van der Waals surface area contributed by atoms with E-state index in [1.807, 2.05) is 105 Å². The van der Waals surface area contributed by atoms with Crippen molar-refractivity contribution in [2.75, 3.05) is 28.2 Å². The summed E-state index contributed by atoms with van der Waals surface area (Å²) in [5.41, 5.74) is 2.86. The Morgan fingerprint density at radius 1 is 0.561 bits per heavy atom. The lowest BCUT2D eigenvalue weighted by Gasteiger charge is -2.35. The van der Waals surface area contributed by atoms with Crippen molar-refractivity contribution in [1.29, 1.82) is 0 Å². The Morgan fingerprint density at radius 3 is 1.38 bits per heavy atom. The number of aromatic nitrogens is 2. The molecule has 450 valence electrons. The molecule has 82 heavy (non-hydrogen) atoms. The first-order valence-electron chi connectivity index (χ1n) is 28.5. The van der Waals surface area contributed by atoms with Crippen molar-refractivity contribution in [3.8, 4) is 0 Å². The first-order chi connectivity index (χ1) is 38.6. The topological polar surface area (TPSA) is 220 Å². The van der Waals surface area contributed by atoms with Crippen LogP contribution in [-0.2, 0) is 83.2 Å². The van der Waals surface area contributed by atoms with Gasteiger partial charge >= 0.3 is 23.9 Å². The number of rotatable bonds is 19. The van der Waals surface area contributed by atoms with Gasteiger partial charge in [0.15, 0.2) is 24.4 Å². The van der Waals surface area contributed by atoms with Gasteiger partial charge in [-0.2, -0.15) is 10.2 Å². The van der Waals surface area contributed by atoms with Gasteiger partial charge in [0, 0.05) is 66.3 Å². The Labute approximate surface area is 485 Å². The number of nitrogens with zero attached hydrogens (tertiary/aromatic N) is 8. The van der Waals surface area contributed by atoms with Crippen LogP contribution < -0.4 is 0 Å². The predicted molar refractivity (Wildman–Crippen MR) is 311 cm³/mol. The SMILES string of the molecule is C=NN(/C=C\C)Cc1cccc(C[C@H]2OC(=O)[C@H](CCC(C)C)N(C)C(=O)[C@@H](C)OC(=O)[C@H](CC(C)C)N(C)C(=O)[C@@H](Cc3cccc(Cn4cccn4)c3)OC(=O)[C@H](CC(C)C)N(C)C(=O)[C@@H](C)OC(=O)[C@H](CC(C)C)N(C)C2=O)c1. The van der Waals surface area contributed by atoms with Crippen LogP contribution >= 0.6 is 0 Å². The lowest BCUT2D eigenvalue weighted by Crippen LogP contribution is -2.54. The zero-order chi connectivity index (χ0) is 61.1. The lowest BCUT2D eigenvalue weighted by molar-refractivity contribution is -0.176. The van der Waals surface area contributed by atoms with Crippen LogP contribution in [0.15, 0.2) is 84.4 Å². The second-order valence-corrected chi connectivity index (χ2v) is 23.2. The van der Waals surface area contributed by atoms with Crippen LogP contribution in [0.4, 0.5) is 0 Å². The smallest absolute Gasteiger partial charge is 0.329 e. The summed E-state index contributed by atoms with van der Waals surface area (Å²) < 4.78 is 26.1. The molecule has 0 saturated carbocycles. The Kier molecular flexibility index (Phi) is 26.0. The van der Waals surface area contributed by atoms with Gasteiger partial charge in [0.25, 0.3) is 23.6 Å². The summed E-state index contributed by atoms with van der Waals surface area (Å²) in [6.07, 6.45) is 1.43. The first-order valence-corrected chi connectivity index (χ1v) is 28.5. The fourth-order valence-electron chi connectivity index (χ4n) is 9.81. The van der Waals surface area contributed by atoms with Gasteiger partial charge in [0.05, 0.1) is 13.1 Å². The predicted octanol–water partition coefficient (Wildman–Crippen LogP) is 7.25. The number of carbonyl (C=O) groups excluding carboxylic acids is 8. The normalized spacial score (nSPS) is 23.0. The van der Waals surface area contributed by atoms with Gasteiger partial charge in [-0.15, -0.1) is 0 Å². The molecule has 0 unspecified atom stereocenters. The fraction of sp³-hybridized carbons (Fsp3) is 0.581. The summed E-state index contributed by atoms with van der Waals surface area (Å²) in [5, 5.41) is 9.99. The van der Waals surface area contributed by atoms with Gasteiger partial charge in [0.2, 0.25) is 0 Å². The molecule has 20 nitrogen and oxygen atoms in total. The van der Waals surface area contributed by atoms with Crippen LogP contribution in [0, 0.1) is 23.7 Å². The highest BCUT2D eigenvalue weighted by molar-refractivity contribution is 5.94. The quantitative estimate of drug-likeness (QED) is 0.0500. The van der Waals surface area contributed by atoms with E-state index >= 15 is 9.59 Å². The molecule has 4 amide bonds. The first kappa shape index (κ1) is 67.1. The molecule has 2 heterocycles. The Balaban J connectivity index is 1.90. The summed E-state index contributed by atoms with van der Waals surface area (Å²) in [5.74, 6) is -7.23. The van der Waals surface area contributed by atoms with Crippen molar-refractivity contribution >= 4 is 54.2 Å². The number of allylic oxidation sites excluding steroid dienone is 1. The standard InChI is InChI=1S/C62H90N8O12/c1-17-28-69(63-12)37-47-23-18-21-45(33-47)35-53-57(73)67(15)51(31-41(6)7)61(77)80-44(11)56(72)66(14)52(32-42(8)9)62(78)82-54(36-46-22-19-24-48(34-46)38-70-29-20-27-64-70)58(74)68(16)50(30-40(4)5)60(76)79-43(10)55(71)65(13)49(59(75)81-53)26-25-39(2)3/h17-24,27-29,33-34,39-44,49-54H,12,25-26,30-32,35-38H2,1-11,13-16H3/b28-17-/t43-,44-,49+,50+,51+,52+,53-,54-/m1/s1. The summed E-state index contributed by atoms with van der Waals surface area (Å²) in [4.78, 5) is 123. The van der Waals surface area contributed by atoms with Crippen LogP contribution in [0.5, 0.6) is 0 Å². The van der Waals surface area contributed by atoms with E-state index < -0.39 is 96.1 Å². The molecule has 1 aliphatic rings. The van der Waals surface area contributed by atoms with E-state index in [1.54, 1.807) is 46.4 Å². The Bertz CT molecular complexity index is 2670. The average molecular weight is 1140 g/mol. The number of benzene rings is 2. The fourth-order valence-corrected chi connectivity index (χ4v) is 9.81. The number of hydrogen-bond donors (Lipinski definition) is 0. The largest absolute Gasteiger partial charge is 0.451 e. The van der Waals surface area contributed by atoms with Crippen LogP contribution in [-0.4, -0.2) is 165 Å². The van der Waals surface area contributed by atoms with Crippen LogP contribution in [0.2, 0.25) is 0 Å². The lowest BCUT2D eigenvalue weighted by atomic mass is 9.99. The van der Waals surface area contributed by atoms with Crippen molar-refractivity contribution in [3.63, 3.8) is 0 Å². The molecule has 4 rings (SSSR count). The maximum atomic E-state index is 15.1. The van der Waals surface area contributed by atoms with Crippen LogP contribution in [0.25, 0.3) is 0 Å². The van der Waals surface area contributed by atoms with Crippen molar-refractivity contribution in [3.05, 3.63) is 102 Å². The molecular formula is C62H90N8O12. The molecule has 2 aromatic carbocycles. The van der Waals surface area contributed by atoms with Gasteiger partial charge < -0.3 is 38.5 Å². The Hall–Kier alpha value is -7.38. The number of hydrogen-bond acceptors (Lipinski definition) is 15. The van der Waals surface area contributed by atoms with Crippen molar-refractivity contribution in [2.45, 2.75) is 183 Å². The number of amides is 4. The molecule has 1 aromatic heterocycles. The van der Waals surface area contributed by atoms with Crippen LogP contribution in [0.1, 0.15) is 131 Å². The molecule has 0 aliphatic carbocycles. The number of hydrazone groups is 1. The van der Waals surface area contributed by atoms with Crippen molar-refractivity contribution in [2.24, 2.45) is 28.8 Å². The summed E-state index contributed by atoms with van der Waals surface area (Å²) in [6, 6.07) is 11.2. The van der Waals surface area contributed by atoms with Crippen molar-refractivity contribution in [1.82, 2.24) is 34.4 Å². The molecule has 0 N–H and O–H groups in total. The molecule has 0 bridgehead atoms. The zero-order valence-corrected chi connectivity index (χ0v) is 51.0. The third-order valence-electron chi connectivity index (χ3n) is 14.4. The number of cyclic esters (lactones) is 4. The van der Waals surface area contributed by atoms with Gasteiger partial charge in [0.1, 0.15) is 24.2 Å². The number of likely N-dealkylation sites (N-methyl/N-ethyl adjacent to an activating group) is 4. The molecule has 8 atom stereocenters. The minimum absolute atomic E-state index is 0.0600. The maximum absolute atomic E-state index is 15.1. The minimum atomic E-state index is -1.56. The van der Waals surface area contributed by atoms with E-state index in [0.717, 1.165) is 30.7 Å². The highest BCUT2D eigenvalue weighted by Crippen LogP contribution is 2.25. The summed E-state index contributed by atoms with van der Waals surface area (Å²) >= 11 is 0. The summed E-state index contributed by atoms with van der Waals surface area (Å²) in [6.45, 7) is 24.0. The van der Waals surface area contributed by atoms with E-state index in [-0.39, 0.29) is 62.2 Å². The summed E-state index contributed by atoms with van der Waals surface area (Å²) in [7, 11) is 5.58. The number of ether oxygens (including phenoxy) is 4. The van der Waals surface area contributed by atoms with Crippen LogP contribution in [0.3, 0.4) is 0 Å². The third-order valence-corrected chi connectivity index (χ3v) is 14.4. The second kappa shape index (κ2) is 31.7. The van der Waals surface area contributed by atoms with E-state index in [0.29, 0.717) is 30.6 Å². The maximum Gasteiger partial charge on any atom is 0.329 e. The van der Waals surface area contributed by atoms with E-state index in [4.69, 9.17) is 18.9 Å². The van der Waals surface area contributed by atoms with E-state index in [2.05, 4.69) is 16.9 Å². The number of esters is 4. The van der Waals surface area contributed by atoms with Gasteiger partial charge in [-0.3, -0.25) is 28.9 Å². The minimum Gasteiger partial charge on any atom is -0.451 e. The highest BCUT2D eigenvalue weighted by atomic mass is 16.6. The molecule has 1 fully saturated rings. The number of carbonyl (C=O) groups is 8. The highest BCUT2D eigenvalue weighted by Gasteiger charge is 2.43. The molecule has 1 saturated heterocycles. The Morgan fingerprint density at radius 2 is 0.963 bits per heavy atom.